The topological polar surface area (TPSA) is 138 Å². The molecule has 0 saturated carbocycles. The van der Waals surface area contributed by atoms with E-state index in [1.54, 1.807) is 6.92 Å². The molecular formula is C20H28N2O9S. The fourth-order valence-corrected chi connectivity index (χ4v) is 5.13. The number of ether oxygens (including phenoxy) is 4. The molecule has 0 aromatic heterocycles. The number of benzene rings is 1. The summed E-state index contributed by atoms with van der Waals surface area (Å²) in [7, 11) is 1.11. The van der Waals surface area contributed by atoms with Gasteiger partial charge < -0.3 is 29.2 Å². The Morgan fingerprint density at radius 2 is 1.72 bits per heavy atom. The fourth-order valence-electron chi connectivity index (χ4n) is 3.40. The third kappa shape index (κ3) is 6.25. The Hall–Kier alpha value is -3.02. The first-order valence-corrected chi connectivity index (χ1v) is 11.7. The van der Waals surface area contributed by atoms with Crippen molar-refractivity contribution in [1.29, 1.82) is 0 Å². The molecule has 0 spiro atoms. The Balaban J connectivity index is 1.90. The number of carbonyl (C=O) groups excluding carboxylic acids is 3. The number of carbonyl (C=O) groups is 3. The van der Waals surface area contributed by atoms with Gasteiger partial charge in [0.2, 0.25) is 5.75 Å². The van der Waals surface area contributed by atoms with E-state index in [1.165, 1.54) is 38.4 Å². The predicted molar refractivity (Wildman–Crippen MR) is 114 cm³/mol. The standard InChI is InChI=1S/C20H28N2O9S/c1-5-22(14-6-7-32(26,27)12-14)17(23)11-31-18(24)10-21-20(25)13-8-15(28-2)19(30-4)16(9-13)29-3/h8-9,14H,5-7,10-12H2,1-4H3,(H,21,25). The lowest BCUT2D eigenvalue weighted by Gasteiger charge is -2.26. The minimum Gasteiger partial charge on any atom is -0.493 e. The zero-order chi connectivity index (χ0) is 23.9. The summed E-state index contributed by atoms with van der Waals surface area (Å²) in [5.41, 5.74) is 0.169. The maximum atomic E-state index is 12.4. The highest BCUT2D eigenvalue weighted by atomic mass is 32.2. The van der Waals surface area contributed by atoms with Crippen LogP contribution >= 0.6 is 0 Å². The van der Waals surface area contributed by atoms with Gasteiger partial charge in [-0.3, -0.25) is 14.4 Å². The number of sulfone groups is 1. The number of rotatable bonds is 10. The lowest BCUT2D eigenvalue weighted by Crippen LogP contribution is -2.43. The third-order valence-corrected chi connectivity index (χ3v) is 6.74. The number of nitrogens with zero attached hydrogens (tertiary/aromatic N) is 1. The molecule has 1 heterocycles. The lowest BCUT2D eigenvalue weighted by atomic mass is 10.1. The van der Waals surface area contributed by atoms with Gasteiger partial charge in [-0.2, -0.15) is 0 Å². The minimum atomic E-state index is -3.15. The molecule has 1 atom stereocenters. The molecular weight excluding hydrogens is 444 g/mol. The first-order chi connectivity index (χ1) is 15.1. The van der Waals surface area contributed by atoms with Gasteiger partial charge in [0.1, 0.15) is 6.54 Å². The molecule has 178 valence electrons. The molecule has 2 amide bonds. The molecule has 32 heavy (non-hydrogen) atoms. The van der Waals surface area contributed by atoms with Crippen LogP contribution in [0.15, 0.2) is 12.1 Å². The normalized spacial score (nSPS) is 16.7. The molecule has 11 nitrogen and oxygen atoms in total. The molecule has 12 heteroatoms. The zero-order valence-electron chi connectivity index (χ0n) is 18.5. The molecule has 0 aliphatic carbocycles. The van der Waals surface area contributed by atoms with Crippen LogP contribution in [0.4, 0.5) is 0 Å². The second-order valence-electron chi connectivity index (χ2n) is 6.99. The van der Waals surface area contributed by atoms with Crippen molar-refractivity contribution < 1.29 is 41.7 Å². The zero-order valence-corrected chi connectivity index (χ0v) is 19.3. The van der Waals surface area contributed by atoms with Gasteiger partial charge in [0, 0.05) is 18.2 Å². The fraction of sp³-hybridized carbons (Fsp3) is 0.550. The van der Waals surface area contributed by atoms with E-state index in [0.717, 1.165) is 0 Å². The van der Waals surface area contributed by atoms with Crippen molar-refractivity contribution in [3.63, 3.8) is 0 Å². The van der Waals surface area contributed by atoms with Crippen molar-refractivity contribution in [1.82, 2.24) is 10.2 Å². The third-order valence-electron chi connectivity index (χ3n) is 4.99. The van der Waals surface area contributed by atoms with E-state index in [1.807, 2.05) is 0 Å². The minimum absolute atomic E-state index is 0.0359. The van der Waals surface area contributed by atoms with Crippen molar-refractivity contribution in [2.24, 2.45) is 0 Å². The van der Waals surface area contributed by atoms with E-state index < -0.39 is 46.8 Å². The summed E-state index contributed by atoms with van der Waals surface area (Å²) in [5.74, 6) is -1.07. The number of hydrogen-bond donors (Lipinski definition) is 1. The molecule has 1 aromatic rings. The van der Waals surface area contributed by atoms with E-state index in [0.29, 0.717) is 18.7 Å². The van der Waals surface area contributed by atoms with Crippen LogP contribution in [0.1, 0.15) is 23.7 Å². The molecule has 1 saturated heterocycles. The summed E-state index contributed by atoms with van der Waals surface area (Å²) in [6, 6.07) is 2.44. The Bertz CT molecular complexity index is 937. The van der Waals surface area contributed by atoms with Gasteiger partial charge in [-0.1, -0.05) is 0 Å². The van der Waals surface area contributed by atoms with Gasteiger partial charge >= 0.3 is 5.97 Å². The smallest absolute Gasteiger partial charge is 0.325 e. The molecule has 0 radical (unpaired) electrons. The average Bonchev–Trinajstić information content (AvgIpc) is 3.14. The highest BCUT2D eigenvalue weighted by Gasteiger charge is 2.34. The van der Waals surface area contributed by atoms with Crippen molar-refractivity contribution in [3.05, 3.63) is 17.7 Å². The van der Waals surface area contributed by atoms with Crippen LogP contribution in [-0.4, -0.2) is 89.7 Å². The van der Waals surface area contributed by atoms with Crippen LogP contribution in [0.25, 0.3) is 0 Å². The largest absolute Gasteiger partial charge is 0.493 e. The predicted octanol–water partition coefficient (Wildman–Crippen LogP) is 0.0210. The quantitative estimate of drug-likeness (QED) is 0.467. The molecule has 1 N–H and O–H groups in total. The van der Waals surface area contributed by atoms with E-state index >= 15 is 0 Å². The second kappa shape index (κ2) is 11.0. The summed E-state index contributed by atoms with van der Waals surface area (Å²) in [6.07, 6.45) is 0.362. The summed E-state index contributed by atoms with van der Waals surface area (Å²) in [6.45, 7) is 1.02. The maximum absolute atomic E-state index is 12.4. The van der Waals surface area contributed by atoms with E-state index in [4.69, 9.17) is 18.9 Å². The number of esters is 1. The van der Waals surface area contributed by atoms with Crippen molar-refractivity contribution in [2.75, 3.05) is 52.5 Å². The van der Waals surface area contributed by atoms with Gasteiger partial charge in [-0.05, 0) is 25.5 Å². The number of hydrogen-bond acceptors (Lipinski definition) is 9. The second-order valence-corrected chi connectivity index (χ2v) is 9.22. The maximum Gasteiger partial charge on any atom is 0.325 e. The monoisotopic (exact) mass is 472 g/mol. The Kier molecular flexibility index (Phi) is 8.70. The van der Waals surface area contributed by atoms with Crippen LogP contribution in [0.5, 0.6) is 17.2 Å². The van der Waals surface area contributed by atoms with E-state index in [2.05, 4.69) is 5.32 Å². The van der Waals surface area contributed by atoms with Gasteiger partial charge in [-0.25, -0.2) is 8.42 Å². The SMILES string of the molecule is CCN(C(=O)COC(=O)CNC(=O)c1cc(OC)c(OC)c(OC)c1)C1CCS(=O)(=O)C1. The number of nitrogens with one attached hydrogen (secondary N) is 1. The molecule has 0 bridgehead atoms. The van der Waals surface area contributed by atoms with Crippen LogP contribution in [0.3, 0.4) is 0 Å². The molecule has 1 aliphatic heterocycles. The van der Waals surface area contributed by atoms with Crippen molar-refractivity contribution >= 4 is 27.6 Å². The Labute approximate surface area is 186 Å². The van der Waals surface area contributed by atoms with Crippen LogP contribution in [0.2, 0.25) is 0 Å². The van der Waals surface area contributed by atoms with Crippen LogP contribution in [0, 0.1) is 0 Å². The lowest BCUT2D eigenvalue weighted by molar-refractivity contribution is -0.151. The number of likely N-dealkylation sites (N-methyl/N-ethyl adjacent to an activating group) is 1. The van der Waals surface area contributed by atoms with Crippen molar-refractivity contribution in [2.45, 2.75) is 19.4 Å². The first-order valence-electron chi connectivity index (χ1n) is 9.89. The number of amides is 2. The summed E-state index contributed by atoms with van der Waals surface area (Å²) in [4.78, 5) is 38.2. The number of methoxy groups -OCH3 is 3. The Morgan fingerprint density at radius 1 is 1.09 bits per heavy atom. The van der Waals surface area contributed by atoms with Gasteiger partial charge in [0.15, 0.2) is 27.9 Å². The summed E-state index contributed by atoms with van der Waals surface area (Å²) >= 11 is 0. The summed E-state index contributed by atoms with van der Waals surface area (Å²) in [5, 5.41) is 2.40. The van der Waals surface area contributed by atoms with E-state index in [9.17, 15) is 22.8 Å². The molecule has 1 aromatic carbocycles. The molecule has 2 rings (SSSR count). The molecule has 1 fully saturated rings. The van der Waals surface area contributed by atoms with Gasteiger partial charge in [0.05, 0.1) is 32.8 Å². The van der Waals surface area contributed by atoms with Crippen LogP contribution < -0.4 is 19.5 Å². The molecule has 1 unspecified atom stereocenters. The summed E-state index contributed by atoms with van der Waals surface area (Å²) < 4.78 is 43.8. The average molecular weight is 473 g/mol. The Morgan fingerprint density at radius 3 is 2.19 bits per heavy atom. The van der Waals surface area contributed by atoms with Crippen molar-refractivity contribution in [3.8, 4) is 17.2 Å². The first kappa shape index (κ1) is 25.2. The highest BCUT2D eigenvalue weighted by molar-refractivity contribution is 7.91. The van der Waals surface area contributed by atoms with Gasteiger partial charge in [0.25, 0.3) is 11.8 Å². The van der Waals surface area contributed by atoms with Crippen LogP contribution in [-0.2, 0) is 24.2 Å². The molecule has 1 aliphatic rings. The van der Waals surface area contributed by atoms with Gasteiger partial charge in [-0.15, -0.1) is 0 Å². The van der Waals surface area contributed by atoms with E-state index in [-0.39, 0.29) is 28.6 Å². The highest BCUT2D eigenvalue weighted by Crippen LogP contribution is 2.38.